The first-order valence-electron chi connectivity index (χ1n) is 17.2. The summed E-state index contributed by atoms with van der Waals surface area (Å²) in [5.41, 5.74) is 3.45. The van der Waals surface area contributed by atoms with Gasteiger partial charge in [0, 0.05) is 24.3 Å². The number of anilines is 1. The average molecular weight is 662 g/mol. The van der Waals surface area contributed by atoms with Crippen molar-refractivity contribution in [3.8, 4) is 0 Å². The molecule has 1 fully saturated rings. The van der Waals surface area contributed by atoms with Crippen molar-refractivity contribution in [1.82, 2.24) is 25.5 Å². The van der Waals surface area contributed by atoms with Gasteiger partial charge in [0.2, 0.25) is 5.91 Å². The van der Waals surface area contributed by atoms with E-state index in [-0.39, 0.29) is 24.9 Å². The maximum Gasteiger partial charge on any atom is 0.412 e. The Labute approximate surface area is 283 Å². The van der Waals surface area contributed by atoms with Gasteiger partial charge in [0.1, 0.15) is 17.2 Å². The van der Waals surface area contributed by atoms with E-state index in [2.05, 4.69) is 27.9 Å². The highest BCUT2D eigenvalue weighted by molar-refractivity contribution is 6.04. The molecule has 2 aromatic carbocycles. The second-order valence-electron chi connectivity index (χ2n) is 12.4. The number of aryl methyl sites for hydroxylation is 1. The first kappa shape index (κ1) is 36.4. The van der Waals surface area contributed by atoms with Crippen molar-refractivity contribution >= 4 is 40.5 Å². The van der Waals surface area contributed by atoms with Gasteiger partial charge in [-0.05, 0) is 81.5 Å². The molecule has 0 bridgehead atoms. The number of nitrogens with zero attached hydrogens (tertiary/aromatic N) is 2. The molecule has 1 aliphatic rings. The summed E-state index contributed by atoms with van der Waals surface area (Å²) in [4.78, 5) is 48.3. The summed E-state index contributed by atoms with van der Waals surface area (Å²) < 4.78 is 10.3. The molecule has 5 N–H and O–H groups in total. The number of carbonyl (C=O) groups is 3. The second-order valence-corrected chi connectivity index (χ2v) is 12.4. The maximum absolute atomic E-state index is 13.8. The van der Waals surface area contributed by atoms with Crippen LogP contribution in [0.3, 0.4) is 0 Å². The van der Waals surface area contributed by atoms with Gasteiger partial charge in [-0.1, -0.05) is 45.1 Å². The number of aromatic amines is 1. The van der Waals surface area contributed by atoms with E-state index in [1.165, 1.54) is 19.3 Å². The fraction of sp³-hybridized carbons (Fsp3) is 0.528. The Morgan fingerprint density at radius 2 is 1.69 bits per heavy atom. The van der Waals surface area contributed by atoms with Crippen LogP contribution in [0.5, 0.6) is 0 Å². The van der Waals surface area contributed by atoms with Gasteiger partial charge < -0.3 is 24.7 Å². The third-order valence-electron chi connectivity index (χ3n) is 8.80. The summed E-state index contributed by atoms with van der Waals surface area (Å²) in [6.07, 6.45) is 7.94. The molecule has 12 heteroatoms. The number of hydrogen-bond acceptors (Lipinski definition) is 9. The Morgan fingerprint density at radius 1 is 0.979 bits per heavy atom. The molecule has 1 aliphatic heterocycles. The standard InChI is InChI=1S/C36H51N7O5/c1-5-7-8-9-10-13-22-48-35(46)42-33(37)26-14-16-27(17-15-26)38-23-30-40-29-19-18-28(25(3)32(29)41-30)36(4,39-24-31(44)47-6-2)34(45)43-20-11-12-21-43/h14-19,38-39H,5-13,20-24H2,1-4H3,(H,40,41)(H2,37,42,46). The third kappa shape index (κ3) is 9.56. The maximum atomic E-state index is 13.8. The van der Waals surface area contributed by atoms with Gasteiger partial charge in [-0.15, -0.1) is 0 Å². The minimum Gasteiger partial charge on any atom is -0.465 e. The number of alkyl carbamates (subject to hydrolysis) is 1. The van der Waals surface area contributed by atoms with Crippen molar-refractivity contribution in [2.45, 2.75) is 91.1 Å². The largest absolute Gasteiger partial charge is 0.465 e. The smallest absolute Gasteiger partial charge is 0.412 e. The van der Waals surface area contributed by atoms with E-state index in [9.17, 15) is 14.4 Å². The summed E-state index contributed by atoms with van der Waals surface area (Å²) in [6.45, 7) is 10.0. The minimum atomic E-state index is -1.14. The fourth-order valence-electron chi connectivity index (χ4n) is 6.07. The first-order chi connectivity index (χ1) is 23.2. The van der Waals surface area contributed by atoms with Crippen LogP contribution in [-0.4, -0.2) is 71.5 Å². The fourth-order valence-corrected chi connectivity index (χ4v) is 6.07. The lowest BCUT2D eigenvalue weighted by Gasteiger charge is -2.35. The number of H-pyrrole nitrogens is 1. The average Bonchev–Trinajstić information content (AvgIpc) is 3.77. The van der Waals surface area contributed by atoms with Crippen LogP contribution in [0.1, 0.15) is 94.7 Å². The second kappa shape index (κ2) is 17.6. The van der Waals surface area contributed by atoms with Gasteiger partial charge >= 0.3 is 12.1 Å². The lowest BCUT2D eigenvalue weighted by Crippen LogP contribution is -2.54. The third-order valence-corrected chi connectivity index (χ3v) is 8.80. The number of ether oxygens (including phenoxy) is 2. The van der Waals surface area contributed by atoms with Gasteiger partial charge in [-0.2, -0.15) is 0 Å². The van der Waals surface area contributed by atoms with E-state index in [0.29, 0.717) is 37.6 Å². The number of aromatic nitrogens is 2. The highest BCUT2D eigenvalue weighted by Crippen LogP contribution is 2.32. The molecule has 48 heavy (non-hydrogen) atoms. The zero-order valence-electron chi connectivity index (χ0n) is 28.8. The van der Waals surface area contributed by atoms with E-state index in [1.54, 1.807) is 19.1 Å². The number of carbonyl (C=O) groups excluding carboxylic acids is 3. The van der Waals surface area contributed by atoms with E-state index in [4.69, 9.17) is 19.9 Å². The van der Waals surface area contributed by atoms with Crippen molar-refractivity contribution < 1.29 is 23.9 Å². The lowest BCUT2D eigenvalue weighted by molar-refractivity contribution is -0.143. The predicted molar refractivity (Wildman–Crippen MR) is 187 cm³/mol. The zero-order chi connectivity index (χ0) is 34.5. The molecule has 0 spiro atoms. The van der Waals surface area contributed by atoms with Crippen LogP contribution in [0, 0.1) is 12.3 Å². The SMILES string of the molecule is CCCCCCCCOC(=O)NC(=N)c1ccc(NCc2nc3c(C)c(C(C)(NCC(=O)OCC)C(=O)N4CCCC4)ccc3[nH]2)cc1. The molecule has 2 heterocycles. The summed E-state index contributed by atoms with van der Waals surface area (Å²) >= 11 is 0. The highest BCUT2D eigenvalue weighted by Gasteiger charge is 2.41. The molecule has 1 saturated heterocycles. The Hall–Kier alpha value is -4.45. The van der Waals surface area contributed by atoms with E-state index in [0.717, 1.165) is 60.0 Å². The van der Waals surface area contributed by atoms with E-state index in [1.807, 2.05) is 43.0 Å². The number of unbranched alkanes of at least 4 members (excludes halogenated alkanes) is 5. The van der Waals surface area contributed by atoms with E-state index >= 15 is 0 Å². The summed E-state index contributed by atoms with van der Waals surface area (Å²) in [5.74, 6) is 0.210. The number of imidazole rings is 1. The van der Waals surface area contributed by atoms with Crippen LogP contribution in [0.15, 0.2) is 36.4 Å². The van der Waals surface area contributed by atoms with Crippen LogP contribution >= 0.6 is 0 Å². The van der Waals surface area contributed by atoms with Crippen molar-refractivity contribution in [2.24, 2.45) is 0 Å². The minimum absolute atomic E-state index is 0.0231. The van der Waals surface area contributed by atoms with Crippen molar-refractivity contribution in [3.05, 3.63) is 58.9 Å². The van der Waals surface area contributed by atoms with Gasteiger partial charge in [0.15, 0.2) is 0 Å². The zero-order valence-corrected chi connectivity index (χ0v) is 28.8. The normalized spacial score (nSPS) is 14.0. The first-order valence-corrected chi connectivity index (χ1v) is 17.2. The van der Waals surface area contributed by atoms with Crippen molar-refractivity contribution in [1.29, 1.82) is 5.41 Å². The van der Waals surface area contributed by atoms with Gasteiger partial charge in [-0.3, -0.25) is 25.6 Å². The van der Waals surface area contributed by atoms with Crippen molar-refractivity contribution in [2.75, 3.05) is 38.2 Å². The predicted octanol–water partition coefficient (Wildman–Crippen LogP) is 5.89. The van der Waals surface area contributed by atoms with Crippen LogP contribution in [0.4, 0.5) is 10.5 Å². The Bertz CT molecular complexity index is 1550. The number of amidine groups is 1. The molecule has 12 nitrogen and oxygen atoms in total. The van der Waals surface area contributed by atoms with Crippen LogP contribution < -0.4 is 16.0 Å². The summed E-state index contributed by atoms with van der Waals surface area (Å²) in [6, 6.07) is 11.0. The lowest BCUT2D eigenvalue weighted by atomic mass is 9.86. The number of esters is 1. The monoisotopic (exact) mass is 661 g/mol. The van der Waals surface area contributed by atoms with Gasteiger partial charge in [0.25, 0.3) is 0 Å². The molecule has 3 aromatic rings. The number of nitrogens with one attached hydrogen (secondary N) is 5. The number of benzene rings is 2. The quantitative estimate of drug-likeness (QED) is 0.0518. The molecule has 2 amide bonds. The molecular weight excluding hydrogens is 610 g/mol. The topological polar surface area (TPSA) is 162 Å². The number of fused-ring (bicyclic) bond motifs is 1. The van der Waals surface area contributed by atoms with E-state index < -0.39 is 17.6 Å². The molecule has 260 valence electrons. The number of rotatable bonds is 17. The van der Waals surface area contributed by atoms with Gasteiger partial charge in [-0.25, -0.2) is 9.78 Å². The Kier molecular flexibility index (Phi) is 13.4. The molecule has 0 aliphatic carbocycles. The number of hydrogen-bond donors (Lipinski definition) is 5. The molecule has 0 radical (unpaired) electrons. The van der Waals surface area contributed by atoms with Crippen LogP contribution in [-0.2, 0) is 31.1 Å². The van der Waals surface area contributed by atoms with Gasteiger partial charge in [0.05, 0.1) is 37.3 Å². The molecule has 1 atom stereocenters. The Balaban J connectivity index is 1.36. The molecule has 0 saturated carbocycles. The molecule has 1 aromatic heterocycles. The summed E-state index contributed by atoms with van der Waals surface area (Å²) in [5, 5.41) is 17.3. The van der Waals surface area contributed by atoms with Crippen LogP contribution in [0.25, 0.3) is 11.0 Å². The number of amides is 2. The Morgan fingerprint density at radius 3 is 2.40 bits per heavy atom. The van der Waals surface area contributed by atoms with Crippen LogP contribution in [0.2, 0.25) is 0 Å². The summed E-state index contributed by atoms with van der Waals surface area (Å²) in [7, 11) is 0. The number of likely N-dealkylation sites (tertiary alicyclic amines) is 1. The highest BCUT2D eigenvalue weighted by atomic mass is 16.5. The molecule has 1 unspecified atom stereocenters. The molecular formula is C36H51N7O5. The molecule has 4 rings (SSSR count). The van der Waals surface area contributed by atoms with Crippen molar-refractivity contribution in [3.63, 3.8) is 0 Å².